The monoisotopic (exact) mass is 344 g/mol. The van der Waals surface area contributed by atoms with Crippen LogP contribution in [0.25, 0.3) is 0 Å². The summed E-state index contributed by atoms with van der Waals surface area (Å²) in [7, 11) is 5.10. The molecule has 0 aromatic carbocycles. The van der Waals surface area contributed by atoms with E-state index in [1.807, 2.05) is 26.2 Å². The van der Waals surface area contributed by atoms with Crippen LogP contribution in [-0.4, -0.2) is 53.0 Å². The average molecular weight is 344 g/mol. The molecule has 2 heterocycles. The number of carbonyl (C=O) groups excluding carboxylic acids is 2. The van der Waals surface area contributed by atoms with Crippen molar-refractivity contribution in [1.82, 2.24) is 19.8 Å². The number of amides is 2. The van der Waals surface area contributed by atoms with Crippen molar-refractivity contribution in [2.24, 2.45) is 7.05 Å². The van der Waals surface area contributed by atoms with Crippen molar-refractivity contribution >= 4 is 11.8 Å². The number of hydrogen-bond donors (Lipinski definition) is 1. The lowest BCUT2D eigenvalue weighted by Crippen LogP contribution is -2.38. The molecule has 1 atom stereocenters. The first-order chi connectivity index (χ1) is 11.9. The highest BCUT2D eigenvalue weighted by molar-refractivity contribution is 5.94. The lowest BCUT2D eigenvalue weighted by atomic mass is 10.1. The fraction of sp³-hybridized carbons (Fsp3) is 0.389. The van der Waals surface area contributed by atoms with Gasteiger partial charge in [0.15, 0.2) is 0 Å². The van der Waals surface area contributed by atoms with E-state index >= 15 is 0 Å². The van der Waals surface area contributed by atoms with Gasteiger partial charge in [-0.25, -0.2) is 0 Å². The quantitative estimate of drug-likeness (QED) is 0.829. The molecule has 0 saturated heterocycles. The summed E-state index contributed by atoms with van der Waals surface area (Å²) >= 11 is 0. The molecule has 0 saturated carbocycles. The molecule has 0 spiro atoms. The van der Waals surface area contributed by atoms with Crippen molar-refractivity contribution in [2.45, 2.75) is 19.4 Å². The van der Waals surface area contributed by atoms with Crippen LogP contribution in [0.15, 0.2) is 36.8 Å². The van der Waals surface area contributed by atoms with Crippen LogP contribution in [0.5, 0.6) is 5.75 Å². The lowest BCUT2D eigenvalue weighted by Gasteiger charge is -2.25. The van der Waals surface area contributed by atoms with Crippen LogP contribution in [0.4, 0.5) is 0 Å². The van der Waals surface area contributed by atoms with Crippen molar-refractivity contribution in [3.63, 3.8) is 0 Å². The zero-order valence-corrected chi connectivity index (χ0v) is 15.0. The maximum atomic E-state index is 12.5. The number of nitrogens with one attached hydrogen (secondary N) is 1. The van der Waals surface area contributed by atoms with Crippen molar-refractivity contribution in [3.8, 4) is 5.75 Å². The highest BCUT2D eigenvalue weighted by Crippen LogP contribution is 2.14. The summed E-state index contributed by atoms with van der Waals surface area (Å²) in [6.07, 6.45) is 5.55. The molecule has 1 N–H and O–H groups in total. The van der Waals surface area contributed by atoms with Gasteiger partial charge in [-0.05, 0) is 31.5 Å². The van der Waals surface area contributed by atoms with Gasteiger partial charge in [0.1, 0.15) is 11.4 Å². The molecule has 0 aliphatic carbocycles. The highest BCUT2D eigenvalue weighted by atomic mass is 16.5. The lowest BCUT2D eigenvalue weighted by molar-refractivity contribution is 0.0736. The zero-order chi connectivity index (χ0) is 18.4. The molecular formula is C18H24N4O3. The maximum absolute atomic E-state index is 12.5. The van der Waals surface area contributed by atoms with Gasteiger partial charge in [-0.15, -0.1) is 0 Å². The van der Waals surface area contributed by atoms with E-state index in [0.717, 1.165) is 0 Å². The summed E-state index contributed by atoms with van der Waals surface area (Å²) < 4.78 is 6.87. The van der Waals surface area contributed by atoms with E-state index in [2.05, 4.69) is 10.3 Å². The van der Waals surface area contributed by atoms with Crippen LogP contribution in [-0.2, 0) is 7.05 Å². The largest absolute Gasteiger partial charge is 0.495 e. The van der Waals surface area contributed by atoms with Crippen LogP contribution in [0, 0.1) is 0 Å². The first-order valence-electron chi connectivity index (χ1n) is 8.09. The van der Waals surface area contributed by atoms with Crippen molar-refractivity contribution in [3.05, 3.63) is 48.0 Å². The van der Waals surface area contributed by atoms with Gasteiger partial charge in [0.25, 0.3) is 11.8 Å². The second-order valence-electron chi connectivity index (χ2n) is 5.93. The Bertz CT molecular complexity index is 741. The van der Waals surface area contributed by atoms with Gasteiger partial charge in [-0.3, -0.25) is 14.6 Å². The molecule has 0 radical (unpaired) electrons. The van der Waals surface area contributed by atoms with Gasteiger partial charge in [0.05, 0.1) is 18.9 Å². The molecule has 134 valence electrons. The molecule has 2 aromatic rings. The third-order valence-corrected chi connectivity index (χ3v) is 4.20. The van der Waals surface area contributed by atoms with Crippen LogP contribution < -0.4 is 10.1 Å². The van der Waals surface area contributed by atoms with Gasteiger partial charge in [-0.1, -0.05) is 0 Å². The first-order valence-corrected chi connectivity index (χ1v) is 8.09. The predicted molar refractivity (Wildman–Crippen MR) is 94.7 cm³/mol. The third kappa shape index (κ3) is 4.59. The molecule has 2 rings (SSSR count). The summed E-state index contributed by atoms with van der Waals surface area (Å²) in [5.41, 5.74) is 1.08. The number of hydrogen-bond acceptors (Lipinski definition) is 4. The molecular weight excluding hydrogens is 320 g/mol. The second kappa shape index (κ2) is 8.32. The molecule has 25 heavy (non-hydrogen) atoms. The van der Waals surface area contributed by atoms with Gasteiger partial charge >= 0.3 is 0 Å². The third-order valence-electron chi connectivity index (χ3n) is 4.20. The van der Waals surface area contributed by atoms with Gasteiger partial charge < -0.3 is 19.5 Å². The minimum absolute atomic E-state index is 0.0348. The van der Waals surface area contributed by atoms with Crippen molar-refractivity contribution < 1.29 is 14.3 Å². The Labute approximate surface area is 147 Å². The van der Waals surface area contributed by atoms with E-state index in [1.54, 1.807) is 34.8 Å². The fourth-order valence-corrected chi connectivity index (χ4v) is 2.43. The molecule has 2 amide bonds. The Morgan fingerprint density at radius 2 is 2.16 bits per heavy atom. The molecule has 0 fully saturated rings. The molecule has 1 unspecified atom stereocenters. The number of pyridine rings is 1. The summed E-state index contributed by atoms with van der Waals surface area (Å²) in [6, 6.07) is 5.22. The molecule has 0 aliphatic heterocycles. The van der Waals surface area contributed by atoms with E-state index in [-0.39, 0.29) is 17.9 Å². The number of carbonyl (C=O) groups is 2. The van der Waals surface area contributed by atoms with Crippen LogP contribution in [0.2, 0.25) is 0 Å². The minimum atomic E-state index is -0.132. The van der Waals surface area contributed by atoms with Gasteiger partial charge in [-0.2, -0.15) is 0 Å². The van der Waals surface area contributed by atoms with E-state index in [4.69, 9.17) is 4.74 Å². The Hall–Kier alpha value is -2.83. The Kier molecular flexibility index (Phi) is 6.16. The fourth-order valence-electron chi connectivity index (χ4n) is 2.43. The van der Waals surface area contributed by atoms with E-state index in [1.165, 1.54) is 13.3 Å². The highest BCUT2D eigenvalue weighted by Gasteiger charge is 2.18. The van der Waals surface area contributed by atoms with Crippen LogP contribution in [0.1, 0.15) is 34.2 Å². The number of aryl methyl sites for hydroxylation is 1. The van der Waals surface area contributed by atoms with Gasteiger partial charge in [0.2, 0.25) is 0 Å². The first kappa shape index (κ1) is 18.5. The van der Waals surface area contributed by atoms with Crippen LogP contribution in [0.3, 0.4) is 0 Å². The zero-order valence-electron chi connectivity index (χ0n) is 15.0. The second-order valence-corrected chi connectivity index (χ2v) is 5.93. The normalized spacial score (nSPS) is 11.7. The topological polar surface area (TPSA) is 76.5 Å². The number of nitrogens with zero attached hydrogens (tertiary/aromatic N) is 3. The summed E-state index contributed by atoms with van der Waals surface area (Å²) in [5.74, 6) is 0.292. The molecule has 7 heteroatoms. The average Bonchev–Trinajstić information content (AvgIpc) is 3.06. The number of rotatable bonds is 7. The van der Waals surface area contributed by atoms with Crippen molar-refractivity contribution in [1.29, 1.82) is 0 Å². The number of aromatic nitrogens is 2. The Morgan fingerprint density at radius 3 is 2.80 bits per heavy atom. The summed E-state index contributed by atoms with van der Waals surface area (Å²) in [4.78, 5) is 30.2. The van der Waals surface area contributed by atoms with E-state index < -0.39 is 0 Å². The standard InChI is InChI=1S/C18H24N4O3/c1-13(7-8-20-17(23)16-6-5-9-21(16)2)22(3)18(24)14-10-15(25-4)12-19-11-14/h5-6,9-13H,7-8H2,1-4H3,(H,20,23). The minimum Gasteiger partial charge on any atom is -0.495 e. The molecule has 2 aromatic heterocycles. The molecule has 0 bridgehead atoms. The predicted octanol–water partition coefficient (Wildman–Crippen LogP) is 1.71. The summed E-state index contributed by atoms with van der Waals surface area (Å²) in [6.45, 7) is 2.43. The molecule has 0 aliphatic rings. The Morgan fingerprint density at radius 1 is 1.40 bits per heavy atom. The van der Waals surface area contributed by atoms with E-state index in [9.17, 15) is 9.59 Å². The van der Waals surface area contributed by atoms with Gasteiger partial charge in [0, 0.05) is 39.1 Å². The van der Waals surface area contributed by atoms with Crippen molar-refractivity contribution in [2.75, 3.05) is 20.7 Å². The molecule has 7 nitrogen and oxygen atoms in total. The number of methoxy groups -OCH3 is 1. The smallest absolute Gasteiger partial charge is 0.267 e. The maximum Gasteiger partial charge on any atom is 0.267 e. The van der Waals surface area contributed by atoms with Crippen LogP contribution >= 0.6 is 0 Å². The van der Waals surface area contributed by atoms with E-state index in [0.29, 0.717) is 30.0 Å². The SMILES string of the molecule is COc1cncc(C(=O)N(C)C(C)CCNC(=O)c2cccn2C)c1. The Balaban J connectivity index is 1.87. The number of ether oxygens (including phenoxy) is 1. The summed E-state index contributed by atoms with van der Waals surface area (Å²) in [5, 5.41) is 2.88.